The standard InChI is InChI=1S/C14H24N2OS/c1-5-11(17-6-2)13-16-10-8-14(3,4)7-9(15)12(10)18-13/h9,11H,5-8,15H2,1-4H3. The Balaban J connectivity index is 2.28. The third-order valence-electron chi connectivity index (χ3n) is 3.51. The normalized spacial score (nSPS) is 23.7. The second-order valence-corrected chi connectivity index (χ2v) is 6.93. The minimum atomic E-state index is 0.140. The first-order chi connectivity index (χ1) is 8.46. The SMILES string of the molecule is CCOC(CC)c1nc2c(s1)C(N)CC(C)(C)C2. The van der Waals surface area contributed by atoms with Crippen molar-refractivity contribution in [1.29, 1.82) is 0 Å². The molecular formula is C14H24N2OS. The van der Waals surface area contributed by atoms with Crippen molar-refractivity contribution in [3.8, 4) is 0 Å². The Morgan fingerprint density at radius 1 is 1.50 bits per heavy atom. The zero-order valence-electron chi connectivity index (χ0n) is 11.8. The highest BCUT2D eigenvalue weighted by Crippen LogP contribution is 2.43. The first-order valence-corrected chi connectivity index (χ1v) is 7.65. The van der Waals surface area contributed by atoms with Crippen molar-refractivity contribution >= 4 is 11.3 Å². The lowest BCUT2D eigenvalue weighted by atomic mass is 9.77. The molecule has 2 N–H and O–H groups in total. The lowest BCUT2D eigenvalue weighted by Crippen LogP contribution is -2.28. The minimum absolute atomic E-state index is 0.140. The molecule has 0 amide bonds. The van der Waals surface area contributed by atoms with Gasteiger partial charge in [0, 0.05) is 17.5 Å². The van der Waals surface area contributed by atoms with E-state index in [-0.39, 0.29) is 17.6 Å². The lowest BCUT2D eigenvalue weighted by molar-refractivity contribution is 0.0595. The molecule has 1 aliphatic rings. The first-order valence-electron chi connectivity index (χ1n) is 6.83. The average molecular weight is 268 g/mol. The van der Waals surface area contributed by atoms with Crippen molar-refractivity contribution in [1.82, 2.24) is 4.98 Å². The summed E-state index contributed by atoms with van der Waals surface area (Å²) in [5, 5.41) is 1.11. The maximum Gasteiger partial charge on any atom is 0.122 e. The quantitative estimate of drug-likeness (QED) is 0.907. The van der Waals surface area contributed by atoms with Crippen molar-refractivity contribution in [2.45, 2.75) is 59.1 Å². The Morgan fingerprint density at radius 3 is 2.83 bits per heavy atom. The Labute approximate surface area is 114 Å². The molecule has 1 aliphatic carbocycles. The molecule has 0 bridgehead atoms. The summed E-state index contributed by atoms with van der Waals surface area (Å²) in [6.45, 7) is 9.46. The predicted octanol–water partition coefficient (Wildman–Crippen LogP) is 3.60. The number of ether oxygens (including phenoxy) is 1. The van der Waals surface area contributed by atoms with Crippen LogP contribution in [0.1, 0.15) is 68.3 Å². The largest absolute Gasteiger partial charge is 0.371 e. The molecule has 1 aromatic rings. The minimum Gasteiger partial charge on any atom is -0.371 e. The number of rotatable bonds is 4. The summed E-state index contributed by atoms with van der Waals surface area (Å²) in [7, 11) is 0. The summed E-state index contributed by atoms with van der Waals surface area (Å²) in [6.07, 6.45) is 3.20. The van der Waals surface area contributed by atoms with E-state index in [0.29, 0.717) is 0 Å². The number of fused-ring (bicyclic) bond motifs is 1. The van der Waals surface area contributed by atoms with Crippen molar-refractivity contribution in [2.75, 3.05) is 6.61 Å². The predicted molar refractivity (Wildman–Crippen MR) is 75.8 cm³/mol. The van der Waals surface area contributed by atoms with Gasteiger partial charge >= 0.3 is 0 Å². The van der Waals surface area contributed by atoms with Crippen LogP contribution in [0.5, 0.6) is 0 Å². The maximum atomic E-state index is 6.28. The van der Waals surface area contributed by atoms with E-state index in [0.717, 1.165) is 30.9 Å². The van der Waals surface area contributed by atoms with E-state index in [1.165, 1.54) is 10.6 Å². The summed E-state index contributed by atoms with van der Waals surface area (Å²) in [5.74, 6) is 0. The highest BCUT2D eigenvalue weighted by Gasteiger charge is 2.34. The molecule has 102 valence electrons. The first kappa shape index (κ1) is 14.0. The highest BCUT2D eigenvalue weighted by molar-refractivity contribution is 7.11. The molecule has 0 radical (unpaired) electrons. The van der Waals surface area contributed by atoms with Gasteiger partial charge in [-0.2, -0.15) is 0 Å². The van der Waals surface area contributed by atoms with Crippen molar-refractivity contribution < 1.29 is 4.74 Å². The van der Waals surface area contributed by atoms with E-state index in [1.54, 1.807) is 11.3 Å². The molecule has 0 aromatic carbocycles. The van der Waals surface area contributed by atoms with Gasteiger partial charge in [-0.25, -0.2) is 4.98 Å². The molecule has 18 heavy (non-hydrogen) atoms. The zero-order valence-corrected chi connectivity index (χ0v) is 12.6. The smallest absolute Gasteiger partial charge is 0.122 e. The highest BCUT2D eigenvalue weighted by atomic mass is 32.1. The Bertz CT molecular complexity index is 414. The zero-order chi connectivity index (χ0) is 13.3. The van der Waals surface area contributed by atoms with Gasteiger partial charge in [0.2, 0.25) is 0 Å². The van der Waals surface area contributed by atoms with Crippen molar-refractivity contribution in [3.05, 3.63) is 15.6 Å². The number of hydrogen-bond donors (Lipinski definition) is 1. The number of thiazole rings is 1. The molecule has 0 saturated heterocycles. The van der Waals surface area contributed by atoms with Crippen LogP contribution in [0.25, 0.3) is 0 Å². The van der Waals surface area contributed by atoms with E-state index in [9.17, 15) is 0 Å². The summed E-state index contributed by atoms with van der Waals surface area (Å²) in [4.78, 5) is 6.08. The second-order valence-electron chi connectivity index (χ2n) is 5.87. The fraction of sp³-hybridized carbons (Fsp3) is 0.786. The number of hydrogen-bond acceptors (Lipinski definition) is 4. The van der Waals surface area contributed by atoms with Crippen LogP contribution in [-0.4, -0.2) is 11.6 Å². The van der Waals surface area contributed by atoms with Crippen LogP contribution in [0.15, 0.2) is 0 Å². The van der Waals surface area contributed by atoms with E-state index >= 15 is 0 Å². The summed E-state index contributed by atoms with van der Waals surface area (Å²) < 4.78 is 5.75. The molecule has 2 unspecified atom stereocenters. The topological polar surface area (TPSA) is 48.1 Å². The molecular weight excluding hydrogens is 244 g/mol. The van der Waals surface area contributed by atoms with Gasteiger partial charge in [-0.3, -0.25) is 0 Å². The van der Waals surface area contributed by atoms with Crippen molar-refractivity contribution in [2.24, 2.45) is 11.1 Å². The molecule has 0 aliphatic heterocycles. The van der Waals surface area contributed by atoms with Crippen LogP contribution < -0.4 is 5.73 Å². The Kier molecular flexibility index (Phi) is 4.09. The third-order valence-corrected chi connectivity index (χ3v) is 4.84. The Hall–Kier alpha value is -0.450. The molecule has 3 nitrogen and oxygen atoms in total. The van der Waals surface area contributed by atoms with Gasteiger partial charge in [0.1, 0.15) is 11.1 Å². The van der Waals surface area contributed by atoms with E-state index in [1.807, 2.05) is 6.92 Å². The van der Waals surface area contributed by atoms with Gasteiger partial charge in [0.05, 0.1) is 5.69 Å². The van der Waals surface area contributed by atoms with Crippen LogP contribution in [-0.2, 0) is 11.2 Å². The van der Waals surface area contributed by atoms with Crippen molar-refractivity contribution in [3.63, 3.8) is 0 Å². The monoisotopic (exact) mass is 268 g/mol. The number of nitrogens with two attached hydrogens (primary N) is 1. The maximum absolute atomic E-state index is 6.28. The molecule has 0 spiro atoms. The molecule has 0 fully saturated rings. The Morgan fingerprint density at radius 2 is 2.22 bits per heavy atom. The van der Waals surface area contributed by atoms with E-state index in [4.69, 9.17) is 15.5 Å². The van der Waals surface area contributed by atoms with Gasteiger partial charge in [-0.15, -0.1) is 11.3 Å². The summed E-state index contributed by atoms with van der Waals surface area (Å²) in [5.41, 5.74) is 7.75. The van der Waals surface area contributed by atoms with Gasteiger partial charge in [0.15, 0.2) is 0 Å². The number of nitrogens with zero attached hydrogens (tertiary/aromatic N) is 1. The summed E-state index contributed by atoms with van der Waals surface area (Å²) >= 11 is 1.76. The molecule has 0 saturated carbocycles. The van der Waals surface area contributed by atoms with Crippen LogP contribution >= 0.6 is 11.3 Å². The van der Waals surface area contributed by atoms with Crippen LogP contribution in [0.4, 0.5) is 0 Å². The second kappa shape index (κ2) is 5.27. The average Bonchev–Trinajstić information content (AvgIpc) is 2.67. The summed E-state index contributed by atoms with van der Waals surface area (Å²) in [6, 6.07) is 0.147. The van der Waals surface area contributed by atoms with Crippen LogP contribution in [0.2, 0.25) is 0 Å². The fourth-order valence-electron chi connectivity index (χ4n) is 2.71. The molecule has 4 heteroatoms. The van der Waals surface area contributed by atoms with Gasteiger partial charge in [-0.1, -0.05) is 20.8 Å². The van der Waals surface area contributed by atoms with E-state index < -0.39 is 0 Å². The van der Waals surface area contributed by atoms with Gasteiger partial charge < -0.3 is 10.5 Å². The molecule has 1 heterocycles. The number of aromatic nitrogens is 1. The van der Waals surface area contributed by atoms with Crippen LogP contribution in [0, 0.1) is 5.41 Å². The fourth-order valence-corrected chi connectivity index (χ4v) is 3.93. The van der Waals surface area contributed by atoms with Gasteiger partial charge in [-0.05, 0) is 31.6 Å². The van der Waals surface area contributed by atoms with Crippen LogP contribution in [0.3, 0.4) is 0 Å². The third kappa shape index (κ3) is 2.76. The molecule has 1 aromatic heterocycles. The van der Waals surface area contributed by atoms with Gasteiger partial charge in [0.25, 0.3) is 0 Å². The molecule has 2 rings (SSSR count). The molecule has 2 atom stereocenters. The lowest BCUT2D eigenvalue weighted by Gasteiger charge is -2.32. The van der Waals surface area contributed by atoms with E-state index in [2.05, 4.69) is 20.8 Å².